The van der Waals surface area contributed by atoms with Crippen molar-refractivity contribution in [3.05, 3.63) is 0 Å². The SMILES string of the molecule is CC(Br)CC(C)(C)CC1CCC(C)O1. The highest BCUT2D eigenvalue weighted by atomic mass is 79.9. The molecule has 0 spiro atoms. The second kappa shape index (κ2) is 4.98. The minimum absolute atomic E-state index is 0.400. The van der Waals surface area contributed by atoms with Gasteiger partial charge < -0.3 is 4.74 Å². The molecule has 1 aliphatic rings. The molecule has 2 heteroatoms. The van der Waals surface area contributed by atoms with E-state index in [0.29, 0.717) is 22.5 Å². The van der Waals surface area contributed by atoms with Crippen LogP contribution >= 0.6 is 15.9 Å². The van der Waals surface area contributed by atoms with Crippen LogP contribution in [0.5, 0.6) is 0 Å². The second-order valence-corrected chi connectivity index (χ2v) is 7.06. The molecular formula is C12H23BrO. The van der Waals surface area contributed by atoms with Crippen molar-refractivity contribution in [3.8, 4) is 0 Å². The Bertz CT molecular complexity index is 177. The van der Waals surface area contributed by atoms with Gasteiger partial charge in [-0.2, -0.15) is 0 Å². The van der Waals surface area contributed by atoms with Gasteiger partial charge >= 0.3 is 0 Å². The van der Waals surface area contributed by atoms with Crippen LogP contribution in [-0.4, -0.2) is 17.0 Å². The zero-order valence-electron chi connectivity index (χ0n) is 9.85. The summed E-state index contributed by atoms with van der Waals surface area (Å²) in [5.41, 5.74) is 0.400. The van der Waals surface area contributed by atoms with E-state index < -0.39 is 0 Å². The van der Waals surface area contributed by atoms with E-state index in [1.54, 1.807) is 0 Å². The van der Waals surface area contributed by atoms with Crippen LogP contribution in [0.1, 0.15) is 53.4 Å². The molecule has 0 aliphatic carbocycles. The van der Waals surface area contributed by atoms with Gasteiger partial charge in [0.05, 0.1) is 12.2 Å². The molecule has 1 aliphatic heterocycles. The summed E-state index contributed by atoms with van der Waals surface area (Å²) in [6, 6.07) is 0. The zero-order chi connectivity index (χ0) is 10.8. The van der Waals surface area contributed by atoms with Crippen molar-refractivity contribution in [1.29, 1.82) is 0 Å². The topological polar surface area (TPSA) is 9.23 Å². The molecule has 14 heavy (non-hydrogen) atoms. The molecular weight excluding hydrogens is 240 g/mol. The monoisotopic (exact) mass is 262 g/mol. The summed E-state index contributed by atoms with van der Waals surface area (Å²) in [6.45, 7) is 9.09. The fraction of sp³-hybridized carbons (Fsp3) is 1.00. The molecule has 1 nitrogen and oxygen atoms in total. The van der Waals surface area contributed by atoms with Gasteiger partial charge in [0.2, 0.25) is 0 Å². The van der Waals surface area contributed by atoms with Crippen LogP contribution in [0.15, 0.2) is 0 Å². The number of alkyl halides is 1. The standard InChI is InChI=1S/C12H23BrO/c1-9(13)7-12(3,4)8-11-6-5-10(2)14-11/h9-11H,5-8H2,1-4H3. The van der Waals surface area contributed by atoms with Crippen LogP contribution in [0.25, 0.3) is 0 Å². The van der Waals surface area contributed by atoms with Crippen LogP contribution in [-0.2, 0) is 4.74 Å². The largest absolute Gasteiger partial charge is 0.375 e. The summed E-state index contributed by atoms with van der Waals surface area (Å²) in [7, 11) is 0. The maximum absolute atomic E-state index is 5.86. The highest BCUT2D eigenvalue weighted by molar-refractivity contribution is 9.09. The third kappa shape index (κ3) is 4.31. The Kier molecular flexibility index (Phi) is 4.45. The Morgan fingerprint density at radius 2 is 2.07 bits per heavy atom. The van der Waals surface area contributed by atoms with Crippen molar-refractivity contribution in [1.82, 2.24) is 0 Å². The van der Waals surface area contributed by atoms with Gasteiger partial charge in [-0.3, -0.25) is 0 Å². The van der Waals surface area contributed by atoms with Gasteiger partial charge in [-0.05, 0) is 38.0 Å². The predicted octanol–water partition coefficient (Wildman–Crippen LogP) is 4.14. The molecule has 0 saturated carbocycles. The van der Waals surface area contributed by atoms with Crippen LogP contribution < -0.4 is 0 Å². The van der Waals surface area contributed by atoms with Crippen molar-refractivity contribution in [2.75, 3.05) is 0 Å². The maximum atomic E-state index is 5.86. The summed E-state index contributed by atoms with van der Waals surface area (Å²) in [4.78, 5) is 0.608. The lowest BCUT2D eigenvalue weighted by atomic mass is 9.82. The number of hydrogen-bond acceptors (Lipinski definition) is 1. The quantitative estimate of drug-likeness (QED) is 0.692. The second-order valence-electron chi connectivity index (χ2n) is 5.50. The van der Waals surface area contributed by atoms with Gasteiger partial charge in [-0.25, -0.2) is 0 Å². The first-order chi connectivity index (χ1) is 6.39. The number of hydrogen-bond donors (Lipinski definition) is 0. The van der Waals surface area contributed by atoms with Crippen molar-refractivity contribution in [3.63, 3.8) is 0 Å². The van der Waals surface area contributed by atoms with E-state index in [4.69, 9.17) is 4.74 Å². The van der Waals surface area contributed by atoms with Gasteiger partial charge in [0.1, 0.15) is 0 Å². The van der Waals surface area contributed by atoms with Crippen molar-refractivity contribution >= 4 is 15.9 Å². The fourth-order valence-electron chi connectivity index (χ4n) is 2.50. The van der Waals surface area contributed by atoms with Crippen molar-refractivity contribution < 1.29 is 4.74 Å². The van der Waals surface area contributed by atoms with Crippen molar-refractivity contribution in [2.24, 2.45) is 5.41 Å². The maximum Gasteiger partial charge on any atom is 0.0584 e. The Hall–Kier alpha value is 0.440. The lowest BCUT2D eigenvalue weighted by Crippen LogP contribution is -2.23. The average Bonchev–Trinajstić information content (AvgIpc) is 2.30. The lowest BCUT2D eigenvalue weighted by Gasteiger charge is -2.29. The molecule has 0 aromatic rings. The molecule has 0 aromatic heterocycles. The highest BCUT2D eigenvalue weighted by Crippen LogP contribution is 2.35. The third-order valence-corrected chi connectivity index (χ3v) is 3.26. The van der Waals surface area contributed by atoms with E-state index in [-0.39, 0.29) is 0 Å². The van der Waals surface area contributed by atoms with Crippen molar-refractivity contribution in [2.45, 2.75) is 70.4 Å². The summed E-state index contributed by atoms with van der Waals surface area (Å²) < 4.78 is 5.86. The molecule has 0 aromatic carbocycles. The summed E-state index contributed by atoms with van der Waals surface area (Å²) in [6.07, 6.45) is 5.91. The molecule has 0 N–H and O–H groups in total. The molecule has 1 rings (SSSR count). The number of halogens is 1. The van der Waals surface area contributed by atoms with E-state index in [9.17, 15) is 0 Å². The highest BCUT2D eigenvalue weighted by Gasteiger charge is 2.29. The first-order valence-electron chi connectivity index (χ1n) is 5.68. The fourth-order valence-corrected chi connectivity index (χ4v) is 3.37. The molecule has 3 atom stereocenters. The van der Waals surface area contributed by atoms with Gasteiger partial charge in [0, 0.05) is 4.83 Å². The molecule has 1 heterocycles. The Labute approximate surface area is 96.7 Å². The molecule has 1 fully saturated rings. The van der Waals surface area contributed by atoms with E-state index in [1.165, 1.54) is 25.7 Å². The Morgan fingerprint density at radius 3 is 2.50 bits per heavy atom. The summed E-state index contributed by atoms with van der Waals surface area (Å²) >= 11 is 3.63. The van der Waals surface area contributed by atoms with Gasteiger partial charge in [0.15, 0.2) is 0 Å². The first kappa shape index (κ1) is 12.5. The van der Waals surface area contributed by atoms with E-state index in [1.807, 2.05) is 0 Å². The molecule has 84 valence electrons. The predicted molar refractivity (Wildman–Crippen MR) is 65.0 cm³/mol. The minimum Gasteiger partial charge on any atom is -0.375 e. The van der Waals surface area contributed by atoms with Crippen LogP contribution in [0, 0.1) is 5.41 Å². The molecule has 0 radical (unpaired) electrons. The number of rotatable bonds is 4. The number of ether oxygens (including phenoxy) is 1. The van der Waals surface area contributed by atoms with E-state index in [2.05, 4.69) is 43.6 Å². The van der Waals surface area contributed by atoms with Crippen LogP contribution in [0.4, 0.5) is 0 Å². The van der Waals surface area contributed by atoms with E-state index >= 15 is 0 Å². The Morgan fingerprint density at radius 1 is 1.43 bits per heavy atom. The third-order valence-electron chi connectivity index (χ3n) is 2.93. The normalized spacial score (nSPS) is 30.6. The van der Waals surface area contributed by atoms with Gasteiger partial charge in [0.25, 0.3) is 0 Å². The van der Waals surface area contributed by atoms with Crippen LogP contribution in [0.2, 0.25) is 0 Å². The molecule has 3 unspecified atom stereocenters. The van der Waals surface area contributed by atoms with Gasteiger partial charge in [-0.15, -0.1) is 0 Å². The summed E-state index contributed by atoms with van der Waals surface area (Å²) in [5.74, 6) is 0. The Balaban J connectivity index is 2.34. The smallest absolute Gasteiger partial charge is 0.0584 e. The van der Waals surface area contributed by atoms with Gasteiger partial charge in [-0.1, -0.05) is 36.7 Å². The average molecular weight is 263 g/mol. The molecule has 1 saturated heterocycles. The lowest BCUT2D eigenvalue weighted by molar-refractivity contribution is 0.0272. The molecule has 0 bridgehead atoms. The summed E-state index contributed by atoms with van der Waals surface area (Å²) in [5, 5.41) is 0. The van der Waals surface area contributed by atoms with E-state index in [0.717, 1.165) is 0 Å². The minimum atomic E-state index is 0.400. The first-order valence-corrected chi connectivity index (χ1v) is 6.60. The van der Waals surface area contributed by atoms with Crippen LogP contribution in [0.3, 0.4) is 0 Å². The molecule has 0 amide bonds. The zero-order valence-corrected chi connectivity index (χ0v) is 11.4.